The third-order valence-corrected chi connectivity index (χ3v) is 11.5. The molecule has 346 valence electrons. The van der Waals surface area contributed by atoms with Gasteiger partial charge >= 0.3 is 19.8 Å². The van der Waals surface area contributed by atoms with E-state index in [2.05, 4.69) is 50.3 Å². The van der Waals surface area contributed by atoms with E-state index in [9.17, 15) is 19.0 Å². The molecule has 0 saturated heterocycles. The number of hydrogen-bond donors (Lipinski definition) is 2. The van der Waals surface area contributed by atoms with Crippen molar-refractivity contribution in [2.45, 2.75) is 238 Å². The fourth-order valence-corrected chi connectivity index (χ4v) is 7.64. The molecule has 9 nitrogen and oxygen atoms in total. The van der Waals surface area contributed by atoms with Crippen LogP contribution in [0.2, 0.25) is 0 Å². The highest BCUT2D eigenvalue weighted by atomic mass is 31.2. The van der Waals surface area contributed by atoms with Crippen LogP contribution in [-0.4, -0.2) is 49.3 Å². The van der Waals surface area contributed by atoms with Crippen LogP contribution in [0.25, 0.3) is 0 Å². The maximum atomic E-state index is 12.6. The van der Waals surface area contributed by atoms with Crippen molar-refractivity contribution in [2.24, 2.45) is 5.73 Å². The van der Waals surface area contributed by atoms with Crippen molar-refractivity contribution in [3.8, 4) is 0 Å². The van der Waals surface area contributed by atoms with Crippen molar-refractivity contribution in [2.75, 3.05) is 26.4 Å². The molecule has 0 aliphatic rings. The lowest BCUT2D eigenvalue weighted by atomic mass is 10.0. The van der Waals surface area contributed by atoms with Crippen molar-refractivity contribution >= 4 is 19.8 Å². The number of allylic oxidation sites excluding steroid dienone is 6. The summed E-state index contributed by atoms with van der Waals surface area (Å²) in [6.07, 6.45) is 52.0. The summed E-state index contributed by atoms with van der Waals surface area (Å²) in [6.45, 7) is 3.71. The second-order valence-electron chi connectivity index (χ2n) is 16.3. The molecule has 0 aromatic rings. The summed E-state index contributed by atoms with van der Waals surface area (Å²) in [5.41, 5.74) is 5.35. The maximum absolute atomic E-state index is 12.6. The van der Waals surface area contributed by atoms with Crippen LogP contribution in [0.15, 0.2) is 36.5 Å². The predicted molar refractivity (Wildman–Crippen MR) is 247 cm³/mol. The van der Waals surface area contributed by atoms with Gasteiger partial charge in [-0.3, -0.25) is 18.6 Å². The first-order chi connectivity index (χ1) is 28.8. The molecular formula is C49H92NO8P. The quantitative estimate of drug-likeness (QED) is 0.0265. The second kappa shape index (κ2) is 45.7. The van der Waals surface area contributed by atoms with E-state index in [4.69, 9.17) is 24.3 Å². The molecule has 0 amide bonds. The van der Waals surface area contributed by atoms with Gasteiger partial charge in [0.1, 0.15) is 6.61 Å². The Kier molecular flexibility index (Phi) is 44.4. The molecule has 0 aromatic carbocycles. The summed E-state index contributed by atoms with van der Waals surface area (Å²) in [5.74, 6) is -0.825. The normalized spacial score (nSPS) is 13.5. The lowest BCUT2D eigenvalue weighted by Crippen LogP contribution is -2.29. The average Bonchev–Trinajstić information content (AvgIpc) is 3.22. The molecule has 0 fully saturated rings. The Bertz CT molecular complexity index is 1060. The number of nitrogens with two attached hydrogens (primary N) is 1. The number of carbonyl (C=O) groups is 2. The molecule has 0 bridgehead atoms. The lowest BCUT2D eigenvalue weighted by Gasteiger charge is -2.19. The molecule has 2 atom stereocenters. The summed E-state index contributed by atoms with van der Waals surface area (Å²) in [5, 5.41) is 0. The fourth-order valence-electron chi connectivity index (χ4n) is 6.88. The Balaban J connectivity index is 3.90. The van der Waals surface area contributed by atoms with E-state index in [-0.39, 0.29) is 38.6 Å². The molecule has 59 heavy (non-hydrogen) atoms. The summed E-state index contributed by atoms with van der Waals surface area (Å²) in [6, 6.07) is 0. The van der Waals surface area contributed by atoms with Gasteiger partial charge in [-0.2, -0.15) is 0 Å². The highest BCUT2D eigenvalue weighted by molar-refractivity contribution is 7.47. The van der Waals surface area contributed by atoms with E-state index in [0.29, 0.717) is 6.42 Å². The van der Waals surface area contributed by atoms with Crippen molar-refractivity contribution in [3.05, 3.63) is 36.5 Å². The number of ether oxygens (including phenoxy) is 2. The summed E-state index contributed by atoms with van der Waals surface area (Å²) in [7, 11) is -4.37. The number of unbranched alkanes of at least 4 members (excludes halogenated alkanes) is 27. The van der Waals surface area contributed by atoms with Gasteiger partial charge in [-0.05, 0) is 51.4 Å². The standard InChI is InChI=1S/C49H92NO8P/c1-3-5-7-9-11-13-14-15-16-17-18-19-20-21-22-23-24-25-26-27-28-29-30-31-32-34-36-38-40-42-49(52)58-47(46-57-59(53,54)56-44-43-50)45-55-48(51)41-39-37-35-33-12-10-8-6-4-2/h14-15,17-18,20-21,47H,3-13,16,19,22-46,50H2,1-2H3,(H,53,54)/b15-14-,18-17-,21-20-. The van der Waals surface area contributed by atoms with Crippen LogP contribution < -0.4 is 5.73 Å². The van der Waals surface area contributed by atoms with Gasteiger partial charge in [-0.15, -0.1) is 0 Å². The predicted octanol–water partition coefficient (Wildman–Crippen LogP) is 14.5. The lowest BCUT2D eigenvalue weighted by molar-refractivity contribution is -0.161. The second-order valence-corrected chi connectivity index (χ2v) is 17.8. The van der Waals surface area contributed by atoms with Gasteiger partial charge in [0.2, 0.25) is 0 Å². The van der Waals surface area contributed by atoms with Crippen LogP contribution in [0, 0.1) is 0 Å². The molecule has 10 heteroatoms. The molecule has 0 rings (SSSR count). The van der Waals surface area contributed by atoms with Crippen LogP contribution >= 0.6 is 7.82 Å². The average molecular weight is 854 g/mol. The monoisotopic (exact) mass is 854 g/mol. The van der Waals surface area contributed by atoms with Gasteiger partial charge in [0.15, 0.2) is 6.10 Å². The Hall–Kier alpha value is -1.77. The van der Waals surface area contributed by atoms with E-state index >= 15 is 0 Å². The third kappa shape index (κ3) is 45.6. The molecule has 0 radical (unpaired) electrons. The number of hydrogen-bond acceptors (Lipinski definition) is 8. The minimum absolute atomic E-state index is 0.0545. The smallest absolute Gasteiger partial charge is 0.462 e. The van der Waals surface area contributed by atoms with E-state index in [1.54, 1.807) is 0 Å². The Morgan fingerprint density at radius 3 is 1.31 bits per heavy atom. The largest absolute Gasteiger partial charge is 0.472 e. The molecule has 0 aliphatic heterocycles. The summed E-state index contributed by atoms with van der Waals surface area (Å²) >= 11 is 0. The zero-order valence-electron chi connectivity index (χ0n) is 38.2. The molecule has 0 aromatic heterocycles. The first-order valence-electron chi connectivity index (χ1n) is 24.5. The van der Waals surface area contributed by atoms with Crippen molar-refractivity contribution in [3.63, 3.8) is 0 Å². The zero-order valence-corrected chi connectivity index (χ0v) is 39.1. The van der Waals surface area contributed by atoms with E-state index < -0.39 is 26.5 Å². The highest BCUT2D eigenvalue weighted by Crippen LogP contribution is 2.43. The van der Waals surface area contributed by atoms with E-state index in [1.165, 1.54) is 148 Å². The molecular weight excluding hydrogens is 762 g/mol. The SMILES string of the molecule is CCCCCCC/C=C\C/C=C\C/C=C\CCCCCCCCCCCCCCCCC(=O)OC(COC(=O)CCCCCCCCCCC)COP(=O)(O)OCCN. The molecule has 0 heterocycles. The molecule has 0 spiro atoms. The number of phosphoric ester groups is 1. The molecule has 3 N–H and O–H groups in total. The summed E-state index contributed by atoms with van der Waals surface area (Å²) in [4.78, 5) is 34.8. The highest BCUT2D eigenvalue weighted by Gasteiger charge is 2.26. The number of phosphoric acid groups is 1. The Labute approximate surface area is 363 Å². The summed E-state index contributed by atoms with van der Waals surface area (Å²) < 4.78 is 32.8. The van der Waals surface area contributed by atoms with Crippen LogP contribution in [-0.2, 0) is 32.7 Å². The first kappa shape index (κ1) is 57.2. The maximum Gasteiger partial charge on any atom is 0.472 e. The Morgan fingerprint density at radius 2 is 0.881 bits per heavy atom. The van der Waals surface area contributed by atoms with Gasteiger partial charge in [0, 0.05) is 19.4 Å². The zero-order chi connectivity index (χ0) is 43.2. The molecule has 2 unspecified atom stereocenters. The van der Waals surface area contributed by atoms with Crippen LogP contribution in [0.3, 0.4) is 0 Å². The topological polar surface area (TPSA) is 134 Å². The third-order valence-electron chi connectivity index (χ3n) is 10.5. The van der Waals surface area contributed by atoms with Crippen molar-refractivity contribution < 1.29 is 37.6 Å². The minimum atomic E-state index is -4.37. The Morgan fingerprint density at radius 1 is 0.508 bits per heavy atom. The number of rotatable bonds is 46. The van der Waals surface area contributed by atoms with Gasteiger partial charge in [-0.25, -0.2) is 4.57 Å². The molecule has 0 saturated carbocycles. The van der Waals surface area contributed by atoms with Crippen molar-refractivity contribution in [1.82, 2.24) is 0 Å². The minimum Gasteiger partial charge on any atom is -0.462 e. The van der Waals surface area contributed by atoms with Crippen LogP contribution in [0.1, 0.15) is 232 Å². The number of carbonyl (C=O) groups excluding carboxylic acids is 2. The van der Waals surface area contributed by atoms with Crippen molar-refractivity contribution in [1.29, 1.82) is 0 Å². The van der Waals surface area contributed by atoms with Crippen LogP contribution in [0.4, 0.5) is 0 Å². The van der Waals surface area contributed by atoms with Gasteiger partial charge in [-0.1, -0.05) is 204 Å². The molecule has 0 aliphatic carbocycles. The number of esters is 2. The van der Waals surface area contributed by atoms with E-state index in [1.807, 2.05) is 0 Å². The van der Waals surface area contributed by atoms with E-state index in [0.717, 1.165) is 51.4 Å². The fraction of sp³-hybridized carbons (Fsp3) is 0.837. The van der Waals surface area contributed by atoms with Gasteiger partial charge in [0.25, 0.3) is 0 Å². The van der Waals surface area contributed by atoms with Crippen LogP contribution in [0.5, 0.6) is 0 Å². The van der Waals surface area contributed by atoms with Gasteiger partial charge < -0.3 is 20.1 Å². The van der Waals surface area contributed by atoms with Gasteiger partial charge in [0.05, 0.1) is 13.2 Å². The first-order valence-corrected chi connectivity index (χ1v) is 26.0.